The van der Waals surface area contributed by atoms with Crippen LogP contribution >= 0.6 is 0 Å². The van der Waals surface area contributed by atoms with E-state index in [4.69, 9.17) is 0 Å². The highest BCUT2D eigenvalue weighted by atomic mass is 16.3. The molecule has 60 valence electrons. The second-order valence-corrected chi connectivity index (χ2v) is 2.86. The molecule has 1 aromatic carbocycles. The van der Waals surface area contributed by atoms with E-state index in [1.807, 2.05) is 13.0 Å². The predicted octanol–water partition coefficient (Wildman–Crippen LogP) is 2.57. The molecule has 0 aliphatic carbocycles. The van der Waals surface area contributed by atoms with Crippen LogP contribution in [-0.2, 0) is 6.42 Å². The van der Waals surface area contributed by atoms with Gasteiger partial charge in [-0.1, -0.05) is 13.0 Å². The molecular weight excluding hydrogens is 136 g/mol. The third kappa shape index (κ3) is 1.37. The summed E-state index contributed by atoms with van der Waals surface area (Å²) in [6.45, 7) is 6.14. The van der Waals surface area contributed by atoms with Crippen LogP contribution < -0.4 is 0 Å². The number of hydrogen-bond acceptors (Lipinski definition) is 1. The highest BCUT2D eigenvalue weighted by Gasteiger charge is 2.03. The maximum Gasteiger partial charge on any atom is 0.118 e. The van der Waals surface area contributed by atoms with Crippen molar-refractivity contribution >= 4 is 0 Å². The maximum absolute atomic E-state index is 9.36. The fourth-order valence-corrected chi connectivity index (χ4v) is 1.42. The van der Waals surface area contributed by atoms with Gasteiger partial charge in [-0.15, -0.1) is 0 Å². The molecule has 1 aromatic rings. The lowest BCUT2D eigenvalue weighted by atomic mass is 10.0. The van der Waals surface area contributed by atoms with Crippen molar-refractivity contribution in [1.82, 2.24) is 0 Å². The van der Waals surface area contributed by atoms with Gasteiger partial charge in [-0.25, -0.2) is 0 Å². The van der Waals surface area contributed by atoms with Crippen LogP contribution in [0.25, 0.3) is 0 Å². The lowest BCUT2D eigenvalue weighted by Crippen LogP contribution is -1.90. The van der Waals surface area contributed by atoms with Gasteiger partial charge in [0.25, 0.3) is 0 Å². The van der Waals surface area contributed by atoms with E-state index in [0.29, 0.717) is 5.75 Å². The summed E-state index contributed by atoms with van der Waals surface area (Å²) in [5, 5.41) is 9.36. The van der Waals surface area contributed by atoms with Crippen molar-refractivity contribution in [1.29, 1.82) is 0 Å². The zero-order valence-electron chi connectivity index (χ0n) is 7.31. The molecule has 0 heterocycles. The average molecular weight is 150 g/mol. The van der Waals surface area contributed by atoms with Crippen LogP contribution in [0.3, 0.4) is 0 Å². The molecule has 1 rings (SSSR count). The second-order valence-electron chi connectivity index (χ2n) is 2.86. The molecule has 0 fully saturated rings. The van der Waals surface area contributed by atoms with E-state index in [-0.39, 0.29) is 0 Å². The summed E-state index contributed by atoms with van der Waals surface area (Å²) < 4.78 is 0. The number of benzene rings is 1. The van der Waals surface area contributed by atoms with Gasteiger partial charge < -0.3 is 5.11 Å². The Morgan fingerprint density at radius 3 is 2.36 bits per heavy atom. The number of phenolic OH excluding ortho intramolecular Hbond substituents is 1. The van der Waals surface area contributed by atoms with Gasteiger partial charge in [0, 0.05) is 0 Å². The number of aromatic hydroxyl groups is 1. The Balaban J connectivity index is 3.29. The molecule has 1 N–H and O–H groups in total. The molecule has 0 spiro atoms. The van der Waals surface area contributed by atoms with Crippen LogP contribution in [0.4, 0.5) is 0 Å². The predicted molar refractivity (Wildman–Crippen MR) is 47.0 cm³/mol. The minimum Gasteiger partial charge on any atom is -0.508 e. The molecule has 0 aromatic heterocycles. The van der Waals surface area contributed by atoms with E-state index in [1.54, 1.807) is 6.07 Å². The topological polar surface area (TPSA) is 20.2 Å². The van der Waals surface area contributed by atoms with Crippen molar-refractivity contribution in [3.8, 4) is 5.75 Å². The molecule has 1 heteroatoms. The summed E-state index contributed by atoms with van der Waals surface area (Å²) in [6.07, 6.45) is 0.992. The zero-order chi connectivity index (χ0) is 8.43. The first-order valence-electron chi connectivity index (χ1n) is 3.94. The third-order valence-corrected chi connectivity index (χ3v) is 2.16. The minimum atomic E-state index is 0.410. The van der Waals surface area contributed by atoms with Gasteiger partial charge in [-0.05, 0) is 43.0 Å². The zero-order valence-corrected chi connectivity index (χ0v) is 7.31. The quantitative estimate of drug-likeness (QED) is 0.652. The Morgan fingerprint density at radius 2 is 1.91 bits per heavy atom. The van der Waals surface area contributed by atoms with E-state index < -0.39 is 0 Å². The van der Waals surface area contributed by atoms with Gasteiger partial charge in [0.1, 0.15) is 5.75 Å². The van der Waals surface area contributed by atoms with Crippen molar-refractivity contribution < 1.29 is 5.11 Å². The largest absolute Gasteiger partial charge is 0.508 e. The monoisotopic (exact) mass is 150 g/mol. The van der Waals surface area contributed by atoms with E-state index in [2.05, 4.69) is 13.8 Å². The van der Waals surface area contributed by atoms with Crippen molar-refractivity contribution in [2.75, 3.05) is 0 Å². The fraction of sp³-hybridized carbons (Fsp3) is 0.400. The number of rotatable bonds is 1. The highest BCUT2D eigenvalue weighted by Crippen LogP contribution is 2.23. The molecular formula is C10H14O. The van der Waals surface area contributed by atoms with Crippen molar-refractivity contribution in [2.45, 2.75) is 27.2 Å². The van der Waals surface area contributed by atoms with Gasteiger partial charge in [0.2, 0.25) is 0 Å². The summed E-state index contributed by atoms with van der Waals surface area (Å²) >= 11 is 0. The molecule has 0 aliphatic heterocycles. The fourth-order valence-electron chi connectivity index (χ4n) is 1.42. The standard InChI is InChI=1S/C10H14O/c1-4-9-7(2)5-6-10(11)8(9)3/h5-6,11H,4H2,1-3H3. The van der Waals surface area contributed by atoms with Crippen LogP contribution in [0, 0.1) is 13.8 Å². The average Bonchev–Trinajstić information content (AvgIpc) is 1.99. The lowest BCUT2D eigenvalue weighted by molar-refractivity contribution is 0.470. The molecule has 0 saturated carbocycles. The van der Waals surface area contributed by atoms with Gasteiger partial charge in [-0.2, -0.15) is 0 Å². The molecule has 0 unspecified atom stereocenters. The Kier molecular flexibility index (Phi) is 2.18. The minimum absolute atomic E-state index is 0.410. The second kappa shape index (κ2) is 2.95. The first-order valence-corrected chi connectivity index (χ1v) is 3.94. The number of hydrogen-bond donors (Lipinski definition) is 1. The summed E-state index contributed by atoms with van der Waals surface area (Å²) in [7, 11) is 0. The van der Waals surface area contributed by atoms with Crippen LogP contribution in [0.15, 0.2) is 12.1 Å². The first kappa shape index (κ1) is 8.12. The van der Waals surface area contributed by atoms with Gasteiger partial charge in [-0.3, -0.25) is 0 Å². The highest BCUT2D eigenvalue weighted by molar-refractivity contribution is 5.42. The Labute approximate surface area is 67.7 Å². The molecule has 11 heavy (non-hydrogen) atoms. The van der Waals surface area contributed by atoms with Crippen molar-refractivity contribution in [2.24, 2.45) is 0 Å². The summed E-state index contributed by atoms with van der Waals surface area (Å²) in [4.78, 5) is 0. The molecule has 0 aliphatic rings. The number of aryl methyl sites for hydroxylation is 1. The van der Waals surface area contributed by atoms with E-state index in [0.717, 1.165) is 12.0 Å². The smallest absolute Gasteiger partial charge is 0.118 e. The molecule has 0 amide bonds. The molecule has 1 nitrogen and oxygen atoms in total. The maximum atomic E-state index is 9.36. The van der Waals surface area contributed by atoms with Crippen LogP contribution in [0.1, 0.15) is 23.6 Å². The molecule has 0 bridgehead atoms. The molecule has 0 radical (unpaired) electrons. The summed E-state index contributed by atoms with van der Waals surface area (Å²) in [6, 6.07) is 3.71. The normalized spacial score (nSPS) is 10.1. The van der Waals surface area contributed by atoms with Crippen LogP contribution in [0.5, 0.6) is 5.75 Å². The van der Waals surface area contributed by atoms with Gasteiger partial charge in [0.05, 0.1) is 0 Å². The van der Waals surface area contributed by atoms with E-state index >= 15 is 0 Å². The van der Waals surface area contributed by atoms with Crippen molar-refractivity contribution in [3.63, 3.8) is 0 Å². The van der Waals surface area contributed by atoms with Crippen LogP contribution in [-0.4, -0.2) is 5.11 Å². The Morgan fingerprint density at radius 1 is 1.27 bits per heavy atom. The van der Waals surface area contributed by atoms with Crippen LogP contribution in [0.2, 0.25) is 0 Å². The van der Waals surface area contributed by atoms with E-state index in [9.17, 15) is 5.11 Å². The molecule has 0 saturated heterocycles. The third-order valence-electron chi connectivity index (χ3n) is 2.16. The summed E-state index contributed by atoms with van der Waals surface area (Å²) in [5.41, 5.74) is 3.56. The van der Waals surface area contributed by atoms with Crippen molar-refractivity contribution in [3.05, 3.63) is 28.8 Å². The Hall–Kier alpha value is -0.980. The Bertz CT molecular complexity index is 264. The van der Waals surface area contributed by atoms with Gasteiger partial charge in [0.15, 0.2) is 0 Å². The summed E-state index contributed by atoms with van der Waals surface area (Å²) in [5.74, 6) is 0.410. The molecule has 0 atom stereocenters. The van der Waals surface area contributed by atoms with Gasteiger partial charge >= 0.3 is 0 Å². The first-order chi connectivity index (χ1) is 5.16. The number of phenols is 1. The van der Waals surface area contributed by atoms with E-state index in [1.165, 1.54) is 11.1 Å². The SMILES string of the molecule is CCc1c(C)ccc(O)c1C. The lowest BCUT2D eigenvalue weighted by Gasteiger charge is -2.08.